The van der Waals surface area contributed by atoms with E-state index in [0.717, 1.165) is 17.8 Å². The number of nitrogens with two attached hydrogens (primary N) is 1. The number of hydrogen-bond acceptors (Lipinski definition) is 6. The van der Waals surface area contributed by atoms with Crippen molar-refractivity contribution >= 4 is 17.5 Å². The first kappa shape index (κ1) is 14.8. The summed E-state index contributed by atoms with van der Waals surface area (Å²) in [7, 11) is 1.32. The van der Waals surface area contributed by atoms with Crippen molar-refractivity contribution in [1.29, 1.82) is 0 Å². The van der Waals surface area contributed by atoms with E-state index in [0.29, 0.717) is 12.4 Å². The zero-order chi connectivity index (χ0) is 15.2. The van der Waals surface area contributed by atoms with Gasteiger partial charge in [-0.05, 0) is 24.6 Å². The molecule has 2 N–H and O–H groups in total. The van der Waals surface area contributed by atoms with Crippen molar-refractivity contribution in [3.8, 4) is 0 Å². The van der Waals surface area contributed by atoms with Crippen molar-refractivity contribution < 1.29 is 9.53 Å². The molecular weight excluding hydrogens is 268 g/mol. The topological polar surface area (TPSA) is 81.3 Å². The van der Waals surface area contributed by atoms with Gasteiger partial charge in [0.1, 0.15) is 5.82 Å². The smallest absolute Gasteiger partial charge is 0.358 e. The number of carbonyl (C=O) groups is 1. The summed E-state index contributed by atoms with van der Waals surface area (Å²) in [4.78, 5) is 21.9. The van der Waals surface area contributed by atoms with Gasteiger partial charge in [0, 0.05) is 18.8 Å². The summed E-state index contributed by atoms with van der Waals surface area (Å²) < 4.78 is 4.66. The molecule has 1 aromatic carbocycles. The normalized spacial score (nSPS) is 10.2. The largest absolute Gasteiger partial charge is 0.464 e. The third-order valence-electron chi connectivity index (χ3n) is 3.08. The van der Waals surface area contributed by atoms with Crippen molar-refractivity contribution in [2.75, 3.05) is 24.3 Å². The third-order valence-corrected chi connectivity index (χ3v) is 3.08. The monoisotopic (exact) mass is 286 g/mol. The molecular formula is C15H18N4O2. The Morgan fingerprint density at radius 2 is 2.00 bits per heavy atom. The molecule has 0 fully saturated rings. The Bertz CT molecular complexity index is 613. The molecule has 1 aromatic heterocycles. The molecule has 2 rings (SSSR count). The van der Waals surface area contributed by atoms with Crippen molar-refractivity contribution in [2.24, 2.45) is 0 Å². The van der Waals surface area contributed by atoms with Crippen molar-refractivity contribution in [2.45, 2.75) is 13.5 Å². The first-order valence-electron chi connectivity index (χ1n) is 6.63. The highest BCUT2D eigenvalue weighted by molar-refractivity contribution is 5.87. The molecule has 21 heavy (non-hydrogen) atoms. The lowest BCUT2D eigenvalue weighted by molar-refractivity contribution is 0.0593. The van der Waals surface area contributed by atoms with Gasteiger partial charge in [0.05, 0.1) is 19.5 Å². The highest BCUT2D eigenvalue weighted by atomic mass is 16.5. The fraction of sp³-hybridized carbons (Fsp3) is 0.267. The predicted octanol–water partition coefficient (Wildman–Crippen LogP) is 1.87. The van der Waals surface area contributed by atoms with Gasteiger partial charge in [-0.1, -0.05) is 12.1 Å². The number of aromatic nitrogens is 2. The molecule has 2 aromatic rings. The maximum absolute atomic E-state index is 11.5. The number of methoxy groups -OCH3 is 1. The van der Waals surface area contributed by atoms with Gasteiger partial charge in [-0.15, -0.1) is 0 Å². The molecule has 0 amide bonds. The molecule has 0 atom stereocenters. The number of hydrogen-bond donors (Lipinski definition) is 1. The molecule has 0 aliphatic rings. The van der Waals surface area contributed by atoms with E-state index in [2.05, 4.69) is 14.7 Å². The van der Waals surface area contributed by atoms with Gasteiger partial charge >= 0.3 is 5.97 Å². The van der Waals surface area contributed by atoms with Crippen LogP contribution in [-0.4, -0.2) is 29.6 Å². The van der Waals surface area contributed by atoms with Gasteiger partial charge in [-0.2, -0.15) is 0 Å². The molecule has 0 bridgehead atoms. The van der Waals surface area contributed by atoms with E-state index in [1.54, 1.807) is 6.20 Å². The van der Waals surface area contributed by atoms with Crippen LogP contribution in [0.15, 0.2) is 36.7 Å². The number of benzene rings is 1. The van der Waals surface area contributed by atoms with Crippen LogP contribution in [-0.2, 0) is 11.3 Å². The number of rotatable bonds is 5. The number of anilines is 2. The minimum absolute atomic E-state index is 0.200. The first-order valence-corrected chi connectivity index (χ1v) is 6.63. The quantitative estimate of drug-likeness (QED) is 0.667. The molecule has 1 heterocycles. The van der Waals surface area contributed by atoms with Crippen molar-refractivity contribution in [3.63, 3.8) is 0 Å². The lowest BCUT2D eigenvalue weighted by atomic mass is 10.2. The summed E-state index contributed by atoms with van der Waals surface area (Å²) in [5.41, 5.74) is 7.72. The van der Waals surface area contributed by atoms with E-state index in [-0.39, 0.29) is 5.69 Å². The second-order valence-corrected chi connectivity index (χ2v) is 4.51. The van der Waals surface area contributed by atoms with Crippen molar-refractivity contribution in [3.05, 3.63) is 47.9 Å². The second kappa shape index (κ2) is 6.69. The average molecular weight is 286 g/mol. The van der Waals surface area contributed by atoms with Crippen LogP contribution in [0, 0.1) is 0 Å². The number of carbonyl (C=O) groups excluding carboxylic acids is 1. The fourth-order valence-electron chi connectivity index (χ4n) is 1.91. The Labute approximate surface area is 123 Å². The highest BCUT2D eigenvalue weighted by Crippen LogP contribution is 2.15. The zero-order valence-electron chi connectivity index (χ0n) is 12.1. The predicted molar refractivity (Wildman–Crippen MR) is 80.9 cm³/mol. The van der Waals surface area contributed by atoms with Gasteiger partial charge in [0.25, 0.3) is 0 Å². The summed E-state index contributed by atoms with van der Waals surface area (Å²) in [6, 6.07) is 7.66. The maximum Gasteiger partial charge on any atom is 0.358 e. The van der Waals surface area contributed by atoms with E-state index in [1.165, 1.54) is 13.3 Å². The molecule has 110 valence electrons. The van der Waals surface area contributed by atoms with Crippen molar-refractivity contribution in [1.82, 2.24) is 9.97 Å². The Balaban J connectivity index is 2.20. The first-order chi connectivity index (χ1) is 10.1. The highest BCUT2D eigenvalue weighted by Gasteiger charge is 2.12. The number of nitrogens with zero attached hydrogens (tertiary/aromatic N) is 3. The molecule has 6 heteroatoms. The van der Waals surface area contributed by atoms with Crippen LogP contribution < -0.4 is 10.6 Å². The second-order valence-electron chi connectivity index (χ2n) is 4.51. The fourth-order valence-corrected chi connectivity index (χ4v) is 1.91. The van der Waals surface area contributed by atoms with Gasteiger partial charge in [0.15, 0.2) is 5.69 Å². The molecule has 0 saturated heterocycles. The third kappa shape index (κ3) is 3.68. The number of esters is 1. The SMILES string of the molecule is CCN(Cc1ccc(N)cc1)c1cncc(C(=O)OC)n1. The van der Waals surface area contributed by atoms with Crippen LogP contribution in [0.5, 0.6) is 0 Å². The summed E-state index contributed by atoms with van der Waals surface area (Å²) in [6.45, 7) is 3.42. The van der Waals surface area contributed by atoms with Crippen LogP contribution in [0.3, 0.4) is 0 Å². The zero-order valence-corrected chi connectivity index (χ0v) is 12.1. The van der Waals surface area contributed by atoms with E-state index in [4.69, 9.17) is 5.73 Å². The van der Waals surface area contributed by atoms with E-state index in [9.17, 15) is 4.79 Å². The Morgan fingerprint density at radius 3 is 2.62 bits per heavy atom. The van der Waals surface area contributed by atoms with Crippen LogP contribution in [0.1, 0.15) is 23.0 Å². The van der Waals surface area contributed by atoms with Gasteiger partial charge in [-0.25, -0.2) is 9.78 Å². The van der Waals surface area contributed by atoms with Crippen LogP contribution in [0.2, 0.25) is 0 Å². The van der Waals surface area contributed by atoms with Crippen LogP contribution in [0.25, 0.3) is 0 Å². The Morgan fingerprint density at radius 1 is 1.29 bits per heavy atom. The maximum atomic E-state index is 11.5. The minimum atomic E-state index is -0.493. The summed E-state index contributed by atoms with van der Waals surface area (Å²) in [6.07, 6.45) is 3.03. The molecule has 0 saturated carbocycles. The number of ether oxygens (including phenoxy) is 1. The Hall–Kier alpha value is -2.63. The molecule has 0 radical (unpaired) electrons. The summed E-state index contributed by atoms with van der Waals surface area (Å²) >= 11 is 0. The summed E-state index contributed by atoms with van der Waals surface area (Å²) in [5.74, 6) is 0.144. The Kier molecular flexibility index (Phi) is 4.71. The average Bonchev–Trinajstić information content (AvgIpc) is 2.53. The minimum Gasteiger partial charge on any atom is -0.464 e. The van der Waals surface area contributed by atoms with E-state index in [1.807, 2.05) is 36.1 Å². The van der Waals surface area contributed by atoms with Crippen LogP contribution >= 0.6 is 0 Å². The van der Waals surface area contributed by atoms with Gasteiger partial charge in [-0.3, -0.25) is 4.98 Å². The number of nitrogen functional groups attached to an aromatic ring is 1. The van der Waals surface area contributed by atoms with E-state index >= 15 is 0 Å². The lowest BCUT2D eigenvalue weighted by Gasteiger charge is -2.22. The lowest BCUT2D eigenvalue weighted by Crippen LogP contribution is -2.24. The molecule has 0 aliphatic carbocycles. The molecule has 0 spiro atoms. The van der Waals surface area contributed by atoms with Gasteiger partial charge < -0.3 is 15.4 Å². The van der Waals surface area contributed by atoms with Gasteiger partial charge in [0.2, 0.25) is 0 Å². The molecule has 0 aliphatic heterocycles. The van der Waals surface area contributed by atoms with E-state index < -0.39 is 5.97 Å². The molecule has 0 unspecified atom stereocenters. The molecule has 6 nitrogen and oxygen atoms in total. The van der Waals surface area contributed by atoms with Crippen LogP contribution in [0.4, 0.5) is 11.5 Å². The standard InChI is InChI=1S/C15H18N4O2/c1-3-19(10-11-4-6-12(16)7-5-11)14-9-17-8-13(18-14)15(20)21-2/h4-9H,3,10,16H2,1-2H3. The summed E-state index contributed by atoms with van der Waals surface area (Å²) in [5, 5.41) is 0.